The maximum Gasteiger partial charge on any atom is 0.277 e. The topological polar surface area (TPSA) is 77.2 Å². The van der Waals surface area contributed by atoms with Gasteiger partial charge in [-0.25, -0.2) is 0 Å². The van der Waals surface area contributed by atoms with Crippen molar-refractivity contribution in [2.75, 3.05) is 12.9 Å². The molecule has 0 fully saturated rings. The molecule has 2 rings (SSSR count). The number of nitrogens with zero attached hydrogens (tertiary/aromatic N) is 2. The van der Waals surface area contributed by atoms with E-state index in [4.69, 9.17) is 9.15 Å². The van der Waals surface area contributed by atoms with Gasteiger partial charge >= 0.3 is 0 Å². The number of methoxy groups -OCH3 is 1. The SMILES string of the molecule is CC[C@H](C)NC(=O)CSc1nnc(-c2ccc(OC)cc2)o1. The Hall–Kier alpha value is -2.02. The molecule has 1 atom stereocenters. The number of hydrogen-bond donors (Lipinski definition) is 1. The molecule has 2 aromatic rings. The van der Waals surface area contributed by atoms with E-state index in [0.717, 1.165) is 17.7 Å². The van der Waals surface area contributed by atoms with Gasteiger partial charge in [-0.1, -0.05) is 18.7 Å². The standard InChI is InChI=1S/C15H19N3O3S/c1-4-10(2)16-13(19)9-22-15-18-17-14(21-15)11-5-7-12(20-3)8-6-11/h5-8,10H,4,9H2,1-3H3,(H,16,19)/t10-/m0/s1. The molecule has 0 saturated heterocycles. The molecule has 0 bridgehead atoms. The maximum atomic E-state index is 11.7. The first-order chi connectivity index (χ1) is 10.6. The van der Waals surface area contributed by atoms with Gasteiger partial charge in [-0.05, 0) is 37.6 Å². The number of benzene rings is 1. The van der Waals surface area contributed by atoms with Crippen LogP contribution in [0, 0.1) is 0 Å². The van der Waals surface area contributed by atoms with Crippen molar-refractivity contribution in [3.8, 4) is 17.2 Å². The van der Waals surface area contributed by atoms with E-state index >= 15 is 0 Å². The number of nitrogens with one attached hydrogen (secondary N) is 1. The number of thioether (sulfide) groups is 1. The zero-order valence-corrected chi connectivity index (χ0v) is 13.6. The molecule has 1 aromatic carbocycles. The number of amides is 1. The predicted molar refractivity (Wildman–Crippen MR) is 84.9 cm³/mol. The lowest BCUT2D eigenvalue weighted by Gasteiger charge is -2.09. The van der Waals surface area contributed by atoms with Crippen molar-refractivity contribution in [1.29, 1.82) is 0 Å². The fourth-order valence-corrected chi connectivity index (χ4v) is 2.24. The van der Waals surface area contributed by atoms with Crippen molar-refractivity contribution in [2.24, 2.45) is 0 Å². The highest BCUT2D eigenvalue weighted by atomic mass is 32.2. The monoisotopic (exact) mass is 321 g/mol. The maximum absolute atomic E-state index is 11.7. The molecule has 118 valence electrons. The minimum atomic E-state index is -0.0384. The second-order valence-electron chi connectivity index (χ2n) is 4.77. The summed E-state index contributed by atoms with van der Waals surface area (Å²) in [6, 6.07) is 7.51. The summed E-state index contributed by atoms with van der Waals surface area (Å²) in [5.74, 6) is 1.41. The van der Waals surface area contributed by atoms with Crippen molar-refractivity contribution < 1.29 is 13.9 Å². The third-order valence-corrected chi connectivity index (χ3v) is 3.91. The van der Waals surface area contributed by atoms with Crippen LogP contribution in [0.3, 0.4) is 0 Å². The summed E-state index contributed by atoms with van der Waals surface area (Å²) in [5, 5.41) is 11.2. The lowest BCUT2D eigenvalue weighted by atomic mass is 10.2. The predicted octanol–water partition coefficient (Wildman–Crippen LogP) is 2.75. The van der Waals surface area contributed by atoms with Gasteiger partial charge in [0.1, 0.15) is 5.75 Å². The number of ether oxygens (including phenoxy) is 1. The van der Waals surface area contributed by atoms with E-state index in [2.05, 4.69) is 15.5 Å². The van der Waals surface area contributed by atoms with E-state index in [1.165, 1.54) is 11.8 Å². The Morgan fingerprint density at radius 2 is 2.09 bits per heavy atom. The van der Waals surface area contributed by atoms with Crippen LogP contribution in [0.15, 0.2) is 33.9 Å². The first kappa shape index (κ1) is 16.4. The largest absolute Gasteiger partial charge is 0.497 e. The number of carbonyl (C=O) groups is 1. The second kappa shape index (κ2) is 7.84. The van der Waals surface area contributed by atoms with Crippen LogP contribution < -0.4 is 10.1 Å². The lowest BCUT2D eigenvalue weighted by Crippen LogP contribution is -2.33. The van der Waals surface area contributed by atoms with Gasteiger partial charge < -0.3 is 14.5 Å². The van der Waals surface area contributed by atoms with Gasteiger partial charge in [0.15, 0.2) is 0 Å². The van der Waals surface area contributed by atoms with E-state index in [9.17, 15) is 4.79 Å². The van der Waals surface area contributed by atoms with Crippen LogP contribution in [-0.4, -0.2) is 35.0 Å². The van der Waals surface area contributed by atoms with Crippen molar-refractivity contribution in [3.05, 3.63) is 24.3 Å². The molecule has 1 heterocycles. The number of rotatable bonds is 7. The molecule has 0 aliphatic carbocycles. The molecule has 0 radical (unpaired) electrons. The van der Waals surface area contributed by atoms with Gasteiger partial charge in [0, 0.05) is 11.6 Å². The highest BCUT2D eigenvalue weighted by Crippen LogP contribution is 2.24. The van der Waals surface area contributed by atoms with Crippen LogP contribution in [0.5, 0.6) is 5.75 Å². The summed E-state index contributed by atoms with van der Waals surface area (Å²) in [5.41, 5.74) is 0.809. The minimum absolute atomic E-state index is 0.0384. The first-order valence-electron chi connectivity index (χ1n) is 7.02. The number of aromatic nitrogens is 2. The zero-order valence-electron chi connectivity index (χ0n) is 12.8. The summed E-state index contributed by atoms with van der Waals surface area (Å²) >= 11 is 1.23. The summed E-state index contributed by atoms with van der Waals surface area (Å²) in [7, 11) is 1.61. The Bertz CT molecular complexity index is 613. The van der Waals surface area contributed by atoms with E-state index in [0.29, 0.717) is 11.1 Å². The summed E-state index contributed by atoms with van der Waals surface area (Å²) in [4.78, 5) is 11.7. The Labute approximate surface area is 133 Å². The smallest absolute Gasteiger partial charge is 0.277 e. The van der Waals surface area contributed by atoms with Crippen LogP contribution in [0.2, 0.25) is 0 Å². The Morgan fingerprint density at radius 3 is 2.73 bits per heavy atom. The first-order valence-corrected chi connectivity index (χ1v) is 8.01. The third kappa shape index (κ3) is 4.49. The molecule has 1 N–H and O–H groups in total. The van der Waals surface area contributed by atoms with Gasteiger partial charge in [0.25, 0.3) is 5.22 Å². The van der Waals surface area contributed by atoms with E-state index in [-0.39, 0.29) is 17.7 Å². The quantitative estimate of drug-likeness (QED) is 0.790. The van der Waals surface area contributed by atoms with Gasteiger partial charge in [0.2, 0.25) is 11.8 Å². The molecule has 0 spiro atoms. The highest BCUT2D eigenvalue weighted by molar-refractivity contribution is 7.99. The fraction of sp³-hybridized carbons (Fsp3) is 0.400. The Kier molecular flexibility index (Phi) is 5.83. The van der Waals surface area contributed by atoms with Crippen molar-refractivity contribution in [2.45, 2.75) is 31.5 Å². The molecule has 7 heteroatoms. The number of hydrogen-bond acceptors (Lipinski definition) is 6. The van der Waals surface area contributed by atoms with E-state index in [1.54, 1.807) is 7.11 Å². The summed E-state index contributed by atoms with van der Waals surface area (Å²) in [6.45, 7) is 3.99. The molecule has 0 aliphatic heterocycles. The molecular weight excluding hydrogens is 302 g/mol. The molecule has 1 amide bonds. The van der Waals surface area contributed by atoms with Gasteiger partial charge in [-0.2, -0.15) is 0 Å². The van der Waals surface area contributed by atoms with Gasteiger partial charge in [0.05, 0.1) is 12.9 Å². The van der Waals surface area contributed by atoms with E-state index < -0.39 is 0 Å². The Balaban J connectivity index is 1.92. The average Bonchev–Trinajstić information content (AvgIpc) is 3.02. The molecule has 0 saturated carbocycles. The highest BCUT2D eigenvalue weighted by Gasteiger charge is 2.12. The normalized spacial score (nSPS) is 12.0. The van der Waals surface area contributed by atoms with Crippen LogP contribution >= 0.6 is 11.8 Å². The minimum Gasteiger partial charge on any atom is -0.497 e. The molecule has 22 heavy (non-hydrogen) atoms. The fourth-order valence-electron chi connectivity index (χ4n) is 1.66. The summed E-state index contributed by atoms with van der Waals surface area (Å²) < 4.78 is 10.6. The zero-order chi connectivity index (χ0) is 15.9. The van der Waals surface area contributed by atoms with Crippen LogP contribution in [0.4, 0.5) is 0 Å². The van der Waals surface area contributed by atoms with Crippen molar-refractivity contribution in [3.63, 3.8) is 0 Å². The van der Waals surface area contributed by atoms with Crippen LogP contribution in [0.25, 0.3) is 11.5 Å². The van der Waals surface area contributed by atoms with Gasteiger partial charge in [-0.3, -0.25) is 4.79 Å². The van der Waals surface area contributed by atoms with Crippen LogP contribution in [-0.2, 0) is 4.79 Å². The number of carbonyl (C=O) groups excluding carboxylic acids is 1. The molecule has 1 aromatic heterocycles. The summed E-state index contributed by atoms with van der Waals surface area (Å²) in [6.07, 6.45) is 0.901. The lowest BCUT2D eigenvalue weighted by molar-refractivity contribution is -0.119. The van der Waals surface area contributed by atoms with Gasteiger partial charge in [-0.15, -0.1) is 10.2 Å². The molecule has 0 aliphatic rings. The Morgan fingerprint density at radius 1 is 1.36 bits per heavy atom. The molecule has 6 nitrogen and oxygen atoms in total. The van der Waals surface area contributed by atoms with Crippen molar-refractivity contribution in [1.82, 2.24) is 15.5 Å². The average molecular weight is 321 g/mol. The molecular formula is C15H19N3O3S. The van der Waals surface area contributed by atoms with Crippen LogP contribution in [0.1, 0.15) is 20.3 Å². The molecule has 0 unspecified atom stereocenters. The third-order valence-electron chi connectivity index (χ3n) is 3.09. The van der Waals surface area contributed by atoms with Crippen molar-refractivity contribution >= 4 is 17.7 Å². The van der Waals surface area contributed by atoms with E-state index in [1.807, 2.05) is 38.1 Å². The second-order valence-corrected chi connectivity index (χ2v) is 5.69.